The molecule has 3 N–H and O–H groups in total. The highest BCUT2D eigenvalue weighted by Gasteiger charge is 2.45. The Morgan fingerprint density at radius 1 is 0.780 bits per heavy atom. The number of imide groups is 2. The molecule has 5 aromatic rings. The van der Waals surface area contributed by atoms with Crippen LogP contribution < -0.4 is 25.8 Å². The average molecular weight is 794 g/mol. The van der Waals surface area contributed by atoms with Crippen molar-refractivity contribution in [1.29, 1.82) is 0 Å². The van der Waals surface area contributed by atoms with Crippen molar-refractivity contribution in [2.45, 2.75) is 56.3 Å². The van der Waals surface area contributed by atoms with Crippen molar-refractivity contribution in [3.8, 4) is 0 Å². The van der Waals surface area contributed by atoms with E-state index in [4.69, 9.17) is 0 Å². The summed E-state index contributed by atoms with van der Waals surface area (Å²) in [6.07, 6.45) is 5.64. The highest BCUT2D eigenvalue weighted by atomic mass is 16.2. The van der Waals surface area contributed by atoms with Crippen molar-refractivity contribution in [2.75, 3.05) is 54.4 Å². The Balaban J connectivity index is 0.698. The highest BCUT2D eigenvalue weighted by molar-refractivity contribution is 6.23. The predicted molar refractivity (Wildman–Crippen MR) is 218 cm³/mol. The summed E-state index contributed by atoms with van der Waals surface area (Å²) < 4.78 is 2.09. The van der Waals surface area contributed by atoms with Gasteiger partial charge in [0.2, 0.25) is 17.7 Å². The molecule has 5 amide bonds. The second kappa shape index (κ2) is 14.9. The van der Waals surface area contributed by atoms with Crippen molar-refractivity contribution >= 4 is 63.6 Å². The zero-order valence-corrected chi connectivity index (χ0v) is 32.3. The van der Waals surface area contributed by atoms with Crippen LogP contribution in [0.5, 0.6) is 0 Å². The molecular weight excluding hydrogens is 751 g/mol. The maximum absolute atomic E-state index is 13.3. The van der Waals surface area contributed by atoms with Crippen LogP contribution in [0.3, 0.4) is 0 Å². The van der Waals surface area contributed by atoms with Gasteiger partial charge in [0, 0.05) is 80.9 Å². The average Bonchev–Trinajstić information content (AvgIpc) is 3.75. The van der Waals surface area contributed by atoms with E-state index in [1.165, 1.54) is 0 Å². The van der Waals surface area contributed by atoms with Gasteiger partial charge in [0.15, 0.2) is 17.0 Å². The number of anilines is 4. The molecule has 4 fully saturated rings. The van der Waals surface area contributed by atoms with Crippen LogP contribution in [-0.4, -0.2) is 116 Å². The quantitative estimate of drug-likeness (QED) is 0.177. The van der Waals surface area contributed by atoms with E-state index in [0.29, 0.717) is 34.9 Å². The Kier molecular flexibility index (Phi) is 9.27. The number of fused-ring (bicyclic) bond motifs is 2. The summed E-state index contributed by atoms with van der Waals surface area (Å²) in [6.45, 7) is 5.30. The molecule has 0 radical (unpaired) electrons. The van der Waals surface area contributed by atoms with Crippen molar-refractivity contribution < 1.29 is 24.0 Å². The normalized spacial score (nSPS) is 22.2. The van der Waals surface area contributed by atoms with Gasteiger partial charge in [-0.3, -0.25) is 39.1 Å². The number of nitrogens with one attached hydrogen (secondary N) is 3. The van der Waals surface area contributed by atoms with Crippen molar-refractivity contribution in [1.82, 2.24) is 40.0 Å². The Labute approximate surface area is 339 Å². The van der Waals surface area contributed by atoms with Crippen molar-refractivity contribution in [2.24, 2.45) is 0 Å². The summed E-state index contributed by atoms with van der Waals surface area (Å²) >= 11 is 0. The van der Waals surface area contributed by atoms with Crippen LogP contribution in [0.25, 0.3) is 11.2 Å². The van der Waals surface area contributed by atoms with Gasteiger partial charge in [0.25, 0.3) is 11.8 Å². The number of amides is 5. The van der Waals surface area contributed by atoms with Crippen molar-refractivity contribution in [3.63, 3.8) is 0 Å². The van der Waals surface area contributed by atoms with Crippen LogP contribution in [0.4, 0.5) is 22.9 Å². The van der Waals surface area contributed by atoms with Crippen LogP contribution in [0.15, 0.2) is 85.5 Å². The zero-order valence-electron chi connectivity index (χ0n) is 32.3. The molecule has 10 rings (SSSR count). The number of hydrogen-bond donors (Lipinski definition) is 3. The minimum absolute atomic E-state index is 0.0396. The number of nitrogens with zero attached hydrogens (tertiary/aromatic N) is 8. The third-order valence-corrected chi connectivity index (χ3v) is 12.4. The molecule has 0 bridgehead atoms. The van der Waals surface area contributed by atoms with Gasteiger partial charge in [-0.05, 0) is 67.3 Å². The van der Waals surface area contributed by atoms with E-state index < -0.39 is 29.7 Å². The number of benzene rings is 3. The lowest BCUT2D eigenvalue weighted by molar-refractivity contribution is -0.136. The molecule has 6 heterocycles. The maximum atomic E-state index is 13.3. The van der Waals surface area contributed by atoms with Gasteiger partial charge in [0.1, 0.15) is 12.4 Å². The second-order valence-electron chi connectivity index (χ2n) is 16.0. The number of carbonyl (C=O) groups excluding carboxylic acids is 5. The minimum atomic E-state index is -0.973. The van der Waals surface area contributed by atoms with E-state index in [2.05, 4.69) is 74.4 Å². The number of piperazine rings is 1. The third-order valence-electron chi connectivity index (χ3n) is 12.4. The minimum Gasteiger partial charge on any atom is -0.369 e. The van der Waals surface area contributed by atoms with Crippen LogP contribution in [0, 0.1) is 0 Å². The lowest BCUT2D eigenvalue weighted by Gasteiger charge is -2.49. The number of carbonyl (C=O) groups is 5. The highest BCUT2D eigenvalue weighted by Crippen LogP contribution is 2.36. The smallest absolute Gasteiger partial charge is 0.262 e. The molecule has 1 saturated carbocycles. The molecule has 16 heteroatoms. The fourth-order valence-corrected chi connectivity index (χ4v) is 8.99. The van der Waals surface area contributed by atoms with Crippen LogP contribution in [0.2, 0.25) is 0 Å². The van der Waals surface area contributed by atoms with E-state index in [1.807, 2.05) is 42.7 Å². The first-order valence-electron chi connectivity index (χ1n) is 20.2. The molecule has 16 nitrogen and oxygen atoms in total. The molecule has 2 aromatic heterocycles. The number of piperidine rings is 1. The largest absolute Gasteiger partial charge is 0.369 e. The van der Waals surface area contributed by atoms with Gasteiger partial charge in [-0.15, -0.1) is 0 Å². The number of rotatable bonds is 10. The van der Waals surface area contributed by atoms with Gasteiger partial charge in [0.05, 0.1) is 23.9 Å². The lowest BCUT2D eigenvalue weighted by atomic mass is 9.86. The van der Waals surface area contributed by atoms with Gasteiger partial charge in [-0.2, -0.15) is 0 Å². The Morgan fingerprint density at radius 3 is 2.29 bits per heavy atom. The summed E-state index contributed by atoms with van der Waals surface area (Å²) in [7, 11) is 0. The molecule has 1 aliphatic carbocycles. The molecule has 1 atom stereocenters. The topological polar surface area (TPSA) is 178 Å². The lowest BCUT2D eigenvalue weighted by Crippen LogP contribution is -2.63. The summed E-state index contributed by atoms with van der Waals surface area (Å²) in [5, 5.41) is 8.84. The first-order valence-corrected chi connectivity index (χ1v) is 20.2. The molecule has 59 heavy (non-hydrogen) atoms. The first kappa shape index (κ1) is 36.6. The molecular formula is C43H43N11O5. The molecule has 5 aliphatic rings. The monoisotopic (exact) mass is 793 g/mol. The van der Waals surface area contributed by atoms with Crippen LogP contribution in [0.1, 0.15) is 58.0 Å². The molecule has 4 aliphatic heterocycles. The number of hydrogen-bond acceptors (Lipinski definition) is 12. The first-order chi connectivity index (χ1) is 28.8. The SMILES string of the molecule is O=C1CC[C@H](N2C(=O)c3ccc(N4CC(N5CCN(c6ccc(Nc7ncnc8c7ncn8C7CC(NC(=O)Cc8ccccc8)C7)cc6)CC5)C4)cc3C2=O)C(=O)N1. The molecule has 0 spiro atoms. The molecule has 3 aromatic carbocycles. The summed E-state index contributed by atoms with van der Waals surface area (Å²) in [4.78, 5) is 84.9. The Morgan fingerprint density at radius 2 is 1.53 bits per heavy atom. The Hall–Kier alpha value is -6.68. The van der Waals surface area contributed by atoms with Gasteiger partial charge >= 0.3 is 0 Å². The van der Waals surface area contributed by atoms with Gasteiger partial charge in [-0.1, -0.05) is 30.3 Å². The van der Waals surface area contributed by atoms with Gasteiger partial charge < -0.3 is 25.0 Å². The van der Waals surface area contributed by atoms with E-state index in [0.717, 1.165) is 85.3 Å². The van der Waals surface area contributed by atoms with Gasteiger partial charge in [-0.25, -0.2) is 15.0 Å². The maximum Gasteiger partial charge on any atom is 0.262 e. The van der Waals surface area contributed by atoms with E-state index in [-0.39, 0.29) is 30.8 Å². The summed E-state index contributed by atoms with van der Waals surface area (Å²) in [5.74, 6) is -1.29. The van der Waals surface area contributed by atoms with Crippen LogP contribution in [-0.2, 0) is 20.8 Å². The van der Waals surface area contributed by atoms with E-state index in [1.54, 1.807) is 18.5 Å². The second-order valence-corrected chi connectivity index (χ2v) is 16.0. The molecule has 0 unspecified atom stereocenters. The summed E-state index contributed by atoms with van der Waals surface area (Å²) in [5.41, 5.74) is 6.01. The fraction of sp³-hybridized carbons (Fsp3) is 0.349. The third kappa shape index (κ3) is 6.92. The van der Waals surface area contributed by atoms with E-state index >= 15 is 0 Å². The summed E-state index contributed by atoms with van der Waals surface area (Å²) in [6, 6.07) is 23.2. The number of aromatic nitrogens is 4. The molecule has 300 valence electrons. The molecule has 3 saturated heterocycles. The fourth-order valence-electron chi connectivity index (χ4n) is 8.99. The van der Waals surface area contributed by atoms with Crippen LogP contribution >= 0.6 is 0 Å². The Bertz CT molecular complexity index is 2470. The predicted octanol–water partition coefficient (Wildman–Crippen LogP) is 3.04. The zero-order chi connectivity index (χ0) is 40.2. The van der Waals surface area contributed by atoms with E-state index in [9.17, 15) is 24.0 Å². The standard InChI is InChI=1S/C43H43N11O5/c55-36-13-12-35(41(57)49-36)54-42(58)33-11-10-30(21-34(33)43(54)59)52-22-32(23-52)51-16-14-50(15-17-51)29-8-6-27(7-9-29)48-39-38-40(45-24-44-39)53(25-46-38)31-19-28(20-31)47-37(56)18-26-4-2-1-3-5-26/h1-11,21,24-25,28,31-32,35H,12-20,22-23H2,(H,47,56)(H,44,45,48)(H,49,55,57)/t28?,31?,35-/m0/s1. The van der Waals surface area contributed by atoms with Crippen molar-refractivity contribution in [3.05, 3.63) is 102 Å². The number of imidazole rings is 1.